The van der Waals surface area contributed by atoms with Gasteiger partial charge in [-0.2, -0.15) is 5.26 Å². The Morgan fingerprint density at radius 1 is 1.18 bits per heavy atom. The molecule has 0 unspecified atom stereocenters. The molecule has 2 aromatic carbocycles. The van der Waals surface area contributed by atoms with Crippen LogP contribution in [0.2, 0.25) is 0 Å². The van der Waals surface area contributed by atoms with Crippen molar-refractivity contribution in [1.82, 2.24) is 0 Å². The summed E-state index contributed by atoms with van der Waals surface area (Å²) in [5, 5.41) is 18.2. The molecule has 1 aliphatic heterocycles. The van der Waals surface area contributed by atoms with Crippen molar-refractivity contribution >= 4 is 5.97 Å². The lowest BCUT2D eigenvalue weighted by Crippen LogP contribution is -2.18. The van der Waals surface area contributed by atoms with E-state index in [0.29, 0.717) is 25.4 Å². The summed E-state index contributed by atoms with van der Waals surface area (Å²) in [6.07, 6.45) is 0.310. The van der Waals surface area contributed by atoms with Crippen LogP contribution in [0.1, 0.15) is 15.9 Å². The number of carbonyl (C=O) groups is 1. The summed E-state index contributed by atoms with van der Waals surface area (Å²) >= 11 is 0. The number of carboxylic acid groups (broad SMARTS) is 1. The van der Waals surface area contributed by atoms with Gasteiger partial charge in [-0.3, -0.25) is 0 Å². The van der Waals surface area contributed by atoms with E-state index in [1.165, 1.54) is 0 Å². The largest absolute Gasteiger partial charge is 0.486 e. The Hall–Kier alpha value is -3.00. The third kappa shape index (κ3) is 2.59. The van der Waals surface area contributed by atoms with Crippen molar-refractivity contribution in [2.75, 3.05) is 13.2 Å². The highest BCUT2D eigenvalue weighted by Gasteiger charge is 2.22. The number of hydrogen-bond donors (Lipinski definition) is 1. The molecular formula is C17H13NO4. The van der Waals surface area contributed by atoms with Crippen LogP contribution in [0.4, 0.5) is 0 Å². The normalized spacial score (nSPS) is 12.5. The molecule has 0 saturated heterocycles. The number of aromatic carboxylic acids is 1. The van der Waals surface area contributed by atoms with Gasteiger partial charge < -0.3 is 14.6 Å². The van der Waals surface area contributed by atoms with E-state index in [1.807, 2.05) is 24.3 Å². The van der Waals surface area contributed by atoms with Crippen LogP contribution in [0, 0.1) is 11.3 Å². The summed E-state index contributed by atoms with van der Waals surface area (Å²) in [6.45, 7) is 0.730. The molecule has 5 nitrogen and oxygen atoms in total. The van der Waals surface area contributed by atoms with E-state index in [0.717, 1.165) is 16.7 Å². The van der Waals surface area contributed by atoms with Crippen LogP contribution in [0.3, 0.4) is 0 Å². The van der Waals surface area contributed by atoms with Crippen LogP contribution in [0.25, 0.3) is 11.1 Å². The van der Waals surface area contributed by atoms with Crippen molar-refractivity contribution in [3.05, 3.63) is 47.5 Å². The molecule has 0 aromatic heterocycles. The van der Waals surface area contributed by atoms with Gasteiger partial charge in [0.15, 0.2) is 11.5 Å². The number of nitrogens with zero attached hydrogens (tertiary/aromatic N) is 1. The molecule has 0 spiro atoms. The lowest BCUT2D eigenvalue weighted by molar-refractivity contribution is 0.0686. The van der Waals surface area contributed by atoms with Crippen LogP contribution in [0.5, 0.6) is 11.5 Å². The molecule has 0 bridgehead atoms. The Labute approximate surface area is 127 Å². The number of rotatable bonds is 3. The third-order valence-electron chi connectivity index (χ3n) is 3.42. The molecule has 0 fully saturated rings. The van der Waals surface area contributed by atoms with Crippen molar-refractivity contribution < 1.29 is 19.4 Å². The second-order valence-electron chi connectivity index (χ2n) is 4.89. The fourth-order valence-electron chi connectivity index (χ4n) is 2.43. The lowest BCUT2D eigenvalue weighted by atomic mass is 9.99. The Balaban J connectivity index is 2.11. The number of nitriles is 1. The standard InChI is InChI=1S/C17H13NO4/c18-5-4-11-2-1-3-12(8-11)13-9-14(17(19)20)16-15(10-13)21-6-7-22-16/h1-3,8-10H,4,6-7H2,(H,19,20). The van der Waals surface area contributed by atoms with E-state index in [4.69, 9.17) is 14.7 Å². The zero-order valence-electron chi connectivity index (χ0n) is 11.7. The predicted molar refractivity (Wildman–Crippen MR) is 79.1 cm³/mol. The molecule has 0 atom stereocenters. The first-order valence-corrected chi connectivity index (χ1v) is 6.82. The van der Waals surface area contributed by atoms with Crippen molar-refractivity contribution in [3.8, 4) is 28.7 Å². The molecular weight excluding hydrogens is 282 g/mol. The molecule has 1 N–H and O–H groups in total. The minimum atomic E-state index is -1.06. The third-order valence-corrected chi connectivity index (χ3v) is 3.42. The number of ether oxygens (including phenoxy) is 2. The summed E-state index contributed by atoms with van der Waals surface area (Å²) in [5.74, 6) is -0.348. The molecule has 5 heteroatoms. The van der Waals surface area contributed by atoms with E-state index in [9.17, 15) is 9.90 Å². The fraction of sp³-hybridized carbons (Fsp3) is 0.176. The van der Waals surface area contributed by atoms with E-state index in [2.05, 4.69) is 6.07 Å². The van der Waals surface area contributed by atoms with Crippen LogP contribution in [-0.2, 0) is 6.42 Å². The molecule has 2 aromatic rings. The van der Waals surface area contributed by atoms with E-state index >= 15 is 0 Å². The summed E-state index contributed by atoms with van der Waals surface area (Å²) in [4.78, 5) is 11.4. The number of hydrogen-bond acceptors (Lipinski definition) is 4. The smallest absolute Gasteiger partial charge is 0.339 e. The molecule has 0 saturated carbocycles. The SMILES string of the molecule is N#CCc1cccc(-c2cc3c(c(C(=O)O)c2)OCCO3)c1. The van der Waals surface area contributed by atoms with E-state index in [1.54, 1.807) is 12.1 Å². The predicted octanol–water partition coefficient (Wildman–Crippen LogP) is 2.89. The Bertz CT molecular complexity index is 777. The van der Waals surface area contributed by atoms with Gasteiger partial charge >= 0.3 is 5.97 Å². The molecule has 0 aliphatic carbocycles. The number of benzene rings is 2. The van der Waals surface area contributed by atoms with Gasteiger partial charge in [0.2, 0.25) is 0 Å². The first-order valence-electron chi connectivity index (χ1n) is 6.82. The summed E-state index contributed by atoms with van der Waals surface area (Å²) in [7, 11) is 0. The van der Waals surface area contributed by atoms with Gasteiger partial charge in [0.25, 0.3) is 0 Å². The highest BCUT2D eigenvalue weighted by Crippen LogP contribution is 2.38. The van der Waals surface area contributed by atoms with Crippen molar-refractivity contribution in [1.29, 1.82) is 5.26 Å². The first kappa shape index (κ1) is 14.0. The van der Waals surface area contributed by atoms with E-state index in [-0.39, 0.29) is 11.3 Å². The monoisotopic (exact) mass is 295 g/mol. The average molecular weight is 295 g/mol. The van der Waals surface area contributed by atoms with Gasteiger partial charge in [0, 0.05) is 0 Å². The van der Waals surface area contributed by atoms with Gasteiger partial charge in [-0.25, -0.2) is 4.79 Å². The van der Waals surface area contributed by atoms with Crippen LogP contribution < -0.4 is 9.47 Å². The molecule has 22 heavy (non-hydrogen) atoms. The highest BCUT2D eigenvalue weighted by molar-refractivity contribution is 5.94. The zero-order chi connectivity index (χ0) is 15.5. The Morgan fingerprint density at radius 3 is 2.77 bits per heavy atom. The molecule has 1 heterocycles. The summed E-state index contributed by atoms with van der Waals surface area (Å²) in [6, 6.07) is 12.9. The van der Waals surface area contributed by atoms with Gasteiger partial charge in [0.05, 0.1) is 12.5 Å². The van der Waals surface area contributed by atoms with Crippen LogP contribution in [-0.4, -0.2) is 24.3 Å². The minimum absolute atomic E-state index is 0.0814. The van der Waals surface area contributed by atoms with Crippen molar-refractivity contribution in [2.45, 2.75) is 6.42 Å². The minimum Gasteiger partial charge on any atom is -0.486 e. The van der Waals surface area contributed by atoms with Crippen LogP contribution in [0.15, 0.2) is 36.4 Å². The van der Waals surface area contributed by atoms with E-state index < -0.39 is 5.97 Å². The zero-order valence-corrected chi connectivity index (χ0v) is 11.7. The van der Waals surface area contributed by atoms with Crippen molar-refractivity contribution in [2.24, 2.45) is 0 Å². The molecule has 1 aliphatic rings. The Kier molecular flexibility index (Phi) is 3.67. The quantitative estimate of drug-likeness (QED) is 0.941. The second kappa shape index (κ2) is 5.78. The molecule has 3 rings (SSSR count). The second-order valence-corrected chi connectivity index (χ2v) is 4.89. The van der Waals surface area contributed by atoms with Gasteiger partial charge in [-0.1, -0.05) is 24.3 Å². The van der Waals surface area contributed by atoms with Gasteiger partial charge in [-0.05, 0) is 28.8 Å². The summed E-state index contributed by atoms with van der Waals surface area (Å²) < 4.78 is 10.9. The summed E-state index contributed by atoms with van der Waals surface area (Å²) in [5.41, 5.74) is 2.53. The maximum Gasteiger partial charge on any atom is 0.339 e. The Morgan fingerprint density at radius 2 is 2.00 bits per heavy atom. The number of fused-ring (bicyclic) bond motifs is 1. The molecule has 0 radical (unpaired) electrons. The van der Waals surface area contributed by atoms with Gasteiger partial charge in [0.1, 0.15) is 18.8 Å². The maximum atomic E-state index is 11.4. The van der Waals surface area contributed by atoms with Crippen molar-refractivity contribution in [3.63, 3.8) is 0 Å². The lowest BCUT2D eigenvalue weighted by Gasteiger charge is -2.21. The molecule has 110 valence electrons. The molecule has 0 amide bonds. The van der Waals surface area contributed by atoms with Gasteiger partial charge in [-0.15, -0.1) is 0 Å². The van der Waals surface area contributed by atoms with Crippen LogP contribution >= 0.6 is 0 Å². The first-order chi connectivity index (χ1) is 10.7. The fourth-order valence-corrected chi connectivity index (χ4v) is 2.43. The average Bonchev–Trinajstić information content (AvgIpc) is 2.54. The highest BCUT2D eigenvalue weighted by atomic mass is 16.6. The number of carboxylic acids is 1. The topological polar surface area (TPSA) is 79.6 Å². The maximum absolute atomic E-state index is 11.4.